The van der Waals surface area contributed by atoms with E-state index in [2.05, 4.69) is 32.9 Å². The molecule has 0 heterocycles. The van der Waals surface area contributed by atoms with Crippen molar-refractivity contribution in [2.24, 2.45) is 0 Å². The second kappa shape index (κ2) is 4.10. The van der Waals surface area contributed by atoms with Crippen molar-refractivity contribution in [2.75, 3.05) is 7.11 Å². The van der Waals surface area contributed by atoms with Gasteiger partial charge in [0.25, 0.3) is 0 Å². The van der Waals surface area contributed by atoms with Crippen LogP contribution >= 0.6 is 0 Å². The third kappa shape index (κ3) is 2.11. The van der Waals surface area contributed by atoms with E-state index in [1.807, 2.05) is 0 Å². The van der Waals surface area contributed by atoms with E-state index in [4.69, 9.17) is 3.76 Å². The predicted molar refractivity (Wildman–Crippen MR) is 53.1 cm³/mol. The van der Waals surface area contributed by atoms with Crippen LogP contribution in [0.15, 0.2) is 12.1 Å². The minimum absolute atomic E-state index is 0.355. The van der Waals surface area contributed by atoms with Crippen LogP contribution in [0.2, 0.25) is 0 Å². The van der Waals surface area contributed by atoms with E-state index in [0.717, 1.165) is 0 Å². The van der Waals surface area contributed by atoms with Gasteiger partial charge in [0.05, 0.1) is 0 Å². The van der Waals surface area contributed by atoms with E-state index in [0.29, 0.717) is 0 Å². The molecule has 0 aromatic heterocycles. The molecule has 0 N–H and O–H groups in total. The average molecular weight is 223 g/mol. The topological polar surface area (TPSA) is 9.23 Å². The molecule has 2 radical (unpaired) electrons. The first-order valence-corrected chi connectivity index (χ1v) is 5.92. The molecule has 0 spiro atoms. The fraction of sp³-hybridized carbons (Fsp3) is 0.400. The molecule has 1 rings (SSSR count). The van der Waals surface area contributed by atoms with Gasteiger partial charge in [-0.1, -0.05) is 0 Å². The molecule has 64 valence electrons. The maximum absolute atomic E-state index is 5.25. The Kier molecular flexibility index (Phi) is 3.35. The molecule has 0 aliphatic rings. The molecule has 2 heteroatoms. The number of benzene rings is 1. The Morgan fingerprint density at radius 1 is 1.08 bits per heavy atom. The molecule has 0 fully saturated rings. The Morgan fingerprint density at radius 3 is 2.00 bits per heavy atom. The quantitative estimate of drug-likeness (QED) is 0.690. The average Bonchev–Trinajstić information content (AvgIpc) is 1.96. The van der Waals surface area contributed by atoms with Crippen LogP contribution in [-0.2, 0) is 3.76 Å². The number of aryl methyl sites for hydroxylation is 3. The molecule has 0 aliphatic carbocycles. The van der Waals surface area contributed by atoms with Crippen molar-refractivity contribution in [2.45, 2.75) is 20.8 Å². The molecule has 0 atom stereocenters. The number of rotatable bonds is 2. The molecule has 1 nitrogen and oxygen atoms in total. The van der Waals surface area contributed by atoms with Crippen LogP contribution in [0.5, 0.6) is 0 Å². The fourth-order valence-corrected chi connectivity index (χ4v) is 2.85. The molecule has 0 unspecified atom stereocenters. The first kappa shape index (κ1) is 9.81. The molecular weight excluding hydrogens is 209 g/mol. The number of hydrogen-bond donors (Lipinski definition) is 0. The van der Waals surface area contributed by atoms with Crippen LogP contribution in [0, 0.1) is 20.8 Å². The third-order valence-corrected chi connectivity index (χ3v) is 4.39. The zero-order valence-electron chi connectivity index (χ0n) is 8.06. The van der Waals surface area contributed by atoms with E-state index in [1.54, 1.807) is 7.11 Å². The maximum atomic E-state index is 5.25. The van der Waals surface area contributed by atoms with Gasteiger partial charge in [-0.15, -0.1) is 0 Å². The van der Waals surface area contributed by atoms with Crippen molar-refractivity contribution in [3.8, 4) is 0 Å². The summed E-state index contributed by atoms with van der Waals surface area (Å²) in [7, 11) is 1.79. The Bertz CT molecular complexity index is 258. The fourth-order valence-electron chi connectivity index (χ4n) is 1.44. The summed E-state index contributed by atoms with van der Waals surface area (Å²) in [5.41, 5.74) is 4.11. The molecule has 1 aromatic rings. The molecule has 0 amide bonds. The van der Waals surface area contributed by atoms with Gasteiger partial charge in [0.15, 0.2) is 0 Å². The first-order valence-electron chi connectivity index (χ1n) is 4.02. The van der Waals surface area contributed by atoms with Crippen molar-refractivity contribution in [1.82, 2.24) is 0 Å². The number of hydrogen-bond acceptors (Lipinski definition) is 1. The van der Waals surface area contributed by atoms with Gasteiger partial charge in [-0.2, -0.15) is 0 Å². The van der Waals surface area contributed by atoms with Crippen LogP contribution in [0.1, 0.15) is 16.7 Å². The van der Waals surface area contributed by atoms with Crippen LogP contribution in [0.3, 0.4) is 0 Å². The van der Waals surface area contributed by atoms with Crippen LogP contribution < -0.4 is 4.40 Å². The van der Waals surface area contributed by atoms with Crippen molar-refractivity contribution < 1.29 is 3.76 Å². The molecule has 12 heavy (non-hydrogen) atoms. The molecule has 0 saturated heterocycles. The Morgan fingerprint density at radius 2 is 1.58 bits per heavy atom. The minimum atomic E-state index is -0.355. The summed E-state index contributed by atoms with van der Waals surface area (Å²) in [5, 5.41) is 0. The van der Waals surface area contributed by atoms with E-state index in [9.17, 15) is 0 Å². The van der Waals surface area contributed by atoms with Crippen LogP contribution in [0.4, 0.5) is 0 Å². The first-order chi connectivity index (χ1) is 5.65. The van der Waals surface area contributed by atoms with Gasteiger partial charge in [0.1, 0.15) is 0 Å². The molecular formula is C10H14GeO. The summed E-state index contributed by atoms with van der Waals surface area (Å²) in [6.07, 6.45) is 0. The molecule has 0 saturated carbocycles. The predicted octanol–water partition coefficient (Wildman–Crippen LogP) is 1.50. The second-order valence-corrected chi connectivity index (χ2v) is 5.41. The SMILES string of the molecule is C[O][Ge][c]1c(C)cc(C)cc1C. The summed E-state index contributed by atoms with van der Waals surface area (Å²) < 4.78 is 6.70. The summed E-state index contributed by atoms with van der Waals surface area (Å²) >= 11 is -0.355. The van der Waals surface area contributed by atoms with Crippen LogP contribution in [0.25, 0.3) is 0 Å². The van der Waals surface area contributed by atoms with Gasteiger partial charge >= 0.3 is 80.6 Å². The zero-order chi connectivity index (χ0) is 9.14. The van der Waals surface area contributed by atoms with E-state index < -0.39 is 0 Å². The molecule has 1 aromatic carbocycles. The monoisotopic (exact) mass is 224 g/mol. The summed E-state index contributed by atoms with van der Waals surface area (Å²) in [4.78, 5) is 0. The summed E-state index contributed by atoms with van der Waals surface area (Å²) in [6.45, 7) is 6.46. The Hall–Kier alpha value is -0.277. The summed E-state index contributed by atoms with van der Waals surface area (Å²) in [5.74, 6) is 0. The van der Waals surface area contributed by atoms with E-state index >= 15 is 0 Å². The van der Waals surface area contributed by atoms with Gasteiger partial charge in [-0.25, -0.2) is 0 Å². The molecule has 0 aliphatic heterocycles. The van der Waals surface area contributed by atoms with E-state index in [-0.39, 0.29) is 15.8 Å². The van der Waals surface area contributed by atoms with Crippen LogP contribution in [-0.4, -0.2) is 22.9 Å². The molecule has 0 bridgehead atoms. The Balaban J connectivity index is 3.10. The normalized spacial score (nSPS) is 10.3. The second-order valence-electron chi connectivity index (χ2n) is 3.08. The third-order valence-electron chi connectivity index (χ3n) is 1.88. The van der Waals surface area contributed by atoms with E-state index in [1.165, 1.54) is 21.1 Å². The zero-order valence-corrected chi connectivity index (χ0v) is 10.2. The van der Waals surface area contributed by atoms with Gasteiger partial charge in [-0.05, 0) is 0 Å². The van der Waals surface area contributed by atoms with Crippen molar-refractivity contribution in [3.63, 3.8) is 0 Å². The van der Waals surface area contributed by atoms with Crippen molar-refractivity contribution >= 4 is 20.2 Å². The van der Waals surface area contributed by atoms with Crippen molar-refractivity contribution in [3.05, 3.63) is 28.8 Å². The van der Waals surface area contributed by atoms with Gasteiger partial charge in [-0.3, -0.25) is 0 Å². The van der Waals surface area contributed by atoms with Gasteiger partial charge in [0, 0.05) is 0 Å². The Labute approximate surface area is 80.9 Å². The van der Waals surface area contributed by atoms with Crippen molar-refractivity contribution in [1.29, 1.82) is 0 Å². The summed E-state index contributed by atoms with van der Waals surface area (Å²) in [6, 6.07) is 4.45. The van der Waals surface area contributed by atoms with Gasteiger partial charge in [0.2, 0.25) is 0 Å². The standard InChI is InChI=1S/C10H14GeO/c1-7-5-8(2)10(11-12-4)9(3)6-7/h5-6H,1-4H3. The van der Waals surface area contributed by atoms with Gasteiger partial charge < -0.3 is 0 Å².